The number of aliphatic hydroxyl groups excluding tert-OH is 1. The molecule has 0 bridgehead atoms. The third-order valence-electron chi connectivity index (χ3n) is 6.70. The molecule has 1 atom stereocenters. The minimum absolute atomic E-state index is 0.146. The van der Waals surface area contributed by atoms with E-state index in [4.69, 9.17) is 0 Å². The average Bonchev–Trinajstić information content (AvgIpc) is 2.91. The summed E-state index contributed by atoms with van der Waals surface area (Å²) >= 11 is 1.60. The van der Waals surface area contributed by atoms with Crippen LogP contribution >= 0.6 is 11.9 Å². The molecule has 0 saturated carbocycles. The van der Waals surface area contributed by atoms with Crippen molar-refractivity contribution in [3.63, 3.8) is 0 Å². The number of fused-ring (bicyclic) bond motifs is 1. The van der Waals surface area contributed by atoms with Crippen molar-refractivity contribution in [1.82, 2.24) is 9.62 Å². The number of aliphatic hydroxyl groups is 1. The molecule has 2 N–H and O–H groups in total. The number of rotatable bonds is 12. The minimum atomic E-state index is -0.505. The molecule has 4 aromatic rings. The molecular formula is C33H38N2O2S. The Morgan fingerprint density at radius 3 is 2.47 bits per heavy atom. The summed E-state index contributed by atoms with van der Waals surface area (Å²) in [6, 6.07) is 31.1. The average molecular weight is 527 g/mol. The number of nitrogens with zero attached hydrogens (tertiary/aromatic N) is 1. The van der Waals surface area contributed by atoms with E-state index < -0.39 is 6.10 Å². The van der Waals surface area contributed by atoms with Gasteiger partial charge < -0.3 is 10.4 Å². The third kappa shape index (κ3) is 7.55. The Labute approximate surface area is 231 Å². The van der Waals surface area contributed by atoms with Crippen LogP contribution in [-0.4, -0.2) is 47.0 Å². The lowest BCUT2D eigenvalue weighted by molar-refractivity contribution is 0.0988. The number of hydrogen-bond acceptors (Lipinski definition) is 5. The van der Waals surface area contributed by atoms with Crippen LogP contribution in [-0.2, 0) is 6.42 Å². The summed E-state index contributed by atoms with van der Waals surface area (Å²) in [6.07, 6.45) is 0.859. The predicted octanol–water partition coefficient (Wildman–Crippen LogP) is 7.01. The number of ketones is 1. The first-order chi connectivity index (χ1) is 18.2. The molecule has 0 aliphatic heterocycles. The predicted molar refractivity (Wildman–Crippen MR) is 161 cm³/mol. The molecule has 0 fully saturated rings. The molecule has 0 heterocycles. The number of β-amino-alcohol motifs (C(OH)–C–C–N with tert-alkyl or cyclic N) is 1. The van der Waals surface area contributed by atoms with Crippen LogP contribution in [0, 0.1) is 0 Å². The van der Waals surface area contributed by atoms with E-state index in [1.807, 2.05) is 50.4 Å². The fraction of sp³-hybridized carbons (Fsp3) is 0.303. The molecule has 1 unspecified atom stereocenters. The van der Waals surface area contributed by atoms with Gasteiger partial charge in [0.05, 0.1) is 6.10 Å². The fourth-order valence-corrected chi connectivity index (χ4v) is 5.71. The molecule has 0 saturated heterocycles. The van der Waals surface area contributed by atoms with Gasteiger partial charge >= 0.3 is 0 Å². The molecule has 0 aromatic heterocycles. The summed E-state index contributed by atoms with van der Waals surface area (Å²) in [5.74, 6) is 0.148. The van der Waals surface area contributed by atoms with Gasteiger partial charge in [-0.15, -0.1) is 0 Å². The van der Waals surface area contributed by atoms with Crippen LogP contribution in [0.3, 0.4) is 0 Å². The first kappa shape index (κ1) is 28.1. The highest BCUT2D eigenvalue weighted by atomic mass is 32.2. The Bertz CT molecular complexity index is 1380. The summed E-state index contributed by atoms with van der Waals surface area (Å²) in [5, 5.41) is 16.8. The molecular weight excluding hydrogens is 488 g/mol. The molecule has 38 heavy (non-hydrogen) atoms. The molecule has 198 valence electrons. The van der Waals surface area contributed by atoms with Gasteiger partial charge in [0, 0.05) is 35.5 Å². The van der Waals surface area contributed by atoms with Crippen LogP contribution in [0.5, 0.6) is 0 Å². The van der Waals surface area contributed by atoms with Gasteiger partial charge in [0.2, 0.25) is 0 Å². The van der Waals surface area contributed by atoms with Crippen molar-refractivity contribution in [2.45, 2.75) is 50.2 Å². The van der Waals surface area contributed by atoms with Crippen molar-refractivity contribution in [1.29, 1.82) is 0 Å². The molecule has 0 aliphatic carbocycles. The number of carbonyl (C=O) groups is 1. The molecule has 4 nitrogen and oxygen atoms in total. The van der Waals surface area contributed by atoms with Crippen molar-refractivity contribution >= 4 is 28.5 Å². The van der Waals surface area contributed by atoms with Crippen LogP contribution < -0.4 is 5.32 Å². The highest BCUT2D eigenvalue weighted by Crippen LogP contribution is 2.30. The maximum Gasteiger partial charge on any atom is 0.163 e. The van der Waals surface area contributed by atoms with Gasteiger partial charge in [-0.2, -0.15) is 0 Å². The SMILES string of the molecule is CCC(=O)c1ccccc1-c1cccc(SN(C)CC(O)CNC(C)(C)Cc2ccc3ccccc3c2)c1. The zero-order valence-electron chi connectivity index (χ0n) is 22.8. The Balaban J connectivity index is 1.31. The van der Waals surface area contributed by atoms with Gasteiger partial charge in [-0.25, -0.2) is 4.31 Å². The van der Waals surface area contributed by atoms with Crippen molar-refractivity contribution < 1.29 is 9.90 Å². The third-order valence-corrected chi connectivity index (χ3v) is 7.62. The molecule has 0 radical (unpaired) electrons. The number of nitrogens with one attached hydrogen (secondary N) is 1. The molecule has 0 aliphatic rings. The van der Waals surface area contributed by atoms with E-state index in [0.717, 1.165) is 28.0 Å². The minimum Gasteiger partial charge on any atom is -0.390 e. The Hall–Kier alpha value is -2.96. The summed E-state index contributed by atoms with van der Waals surface area (Å²) in [5.41, 5.74) is 3.89. The molecule has 0 spiro atoms. The highest BCUT2D eigenvalue weighted by Gasteiger charge is 2.20. The molecule has 4 rings (SSSR count). The first-order valence-corrected chi connectivity index (χ1v) is 14.0. The Morgan fingerprint density at radius 2 is 1.68 bits per heavy atom. The standard InChI is InChI=1S/C33H38N2O2S/c1-5-32(37)31-16-9-8-15-30(31)27-13-10-14-29(20-27)38-35(4)23-28(36)22-34-33(2,3)21-24-17-18-25-11-6-7-12-26(25)19-24/h6-20,28,34,36H,5,21-23H2,1-4H3. The normalized spacial score (nSPS) is 12.7. The summed E-state index contributed by atoms with van der Waals surface area (Å²) in [7, 11) is 2.00. The second-order valence-corrected chi connectivity index (χ2v) is 11.8. The summed E-state index contributed by atoms with van der Waals surface area (Å²) in [6.45, 7) is 7.29. The maximum absolute atomic E-state index is 12.4. The lowest BCUT2D eigenvalue weighted by Crippen LogP contribution is -2.46. The van der Waals surface area contributed by atoms with E-state index in [2.05, 4.69) is 78.1 Å². The van der Waals surface area contributed by atoms with Crippen molar-refractivity contribution in [3.05, 3.63) is 102 Å². The lowest BCUT2D eigenvalue weighted by Gasteiger charge is -2.29. The van der Waals surface area contributed by atoms with E-state index >= 15 is 0 Å². The fourth-order valence-electron chi connectivity index (χ4n) is 4.78. The monoisotopic (exact) mass is 526 g/mol. The smallest absolute Gasteiger partial charge is 0.163 e. The van der Waals surface area contributed by atoms with E-state index in [0.29, 0.717) is 19.5 Å². The van der Waals surface area contributed by atoms with E-state index in [1.165, 1.54) is 16.3 Å². The van der Waals surface area contributed by atoms with E-state index in [9.17, 15) is 9.90 Å². The van der Waals surface area contributed by atoms with Crippen LogP contribution in [0.25, 0.3) is 21.9 Å². The summed E-state index contributed by atoms with van der Waals surface area (Å²) < 4.78 is 2.06. The second kappa shape index (κ2) is 12.7. The highest BCUT2D eigenvalue weighted by molar-refractivity contribution is 7.97. The first-order valence-electron chi connectivity index (χ1n) is 13.3. The van der Waals surface area contributed by atoms with Gasteiger partial charge in [-0.05, 0) is 78.9 Å². The van der Waals surface area contributed by atoms with E-state index in [1.54, 1.807) is 11.9 Å². The molecule has 4 aromatic carbocycles. The zero-order valence-corrected chi connectivity index (χ0v) is 23.6. The van der Waals surface area contributed by atoms with Gasteiger partial charge in [-0.1, -0.05) is 85.8 Å². The van der Waals surface area contributed by atoms with Crippen LogP contribution in [0.15, 0.2) is 95.9 Å². The maximum atomic E-state index is 12.4. The molecule has 5 heteroatoms. The van der Waals surface area contributed by atoms with E-state index in [-0.39, 0.29) is 11.3 Å². The van der Waals surface area contributed by atoms with Gasteiger partial charge in [-0.3, -0.25) is 4.79 Å². The zero-order chi connectivity index (χ0) is 27.1. The molecule has 0 amide bonds. The Morgan fingerprint density at radius 1 is 0.947 bits per heavy atom. The second-order valence-electron chi connectivity index (χ2n) is 10.5. The van der Waals surface area contributed by atoms with Crippen LogP contribution in [0.1, 0.15) is 43.1 Å². The lowest BCUT2D eigenvalue weighted by atomic mass is 9.93. The van der Waals surface area contributed by atoms with Crippen molar-refractivity contribution in [3.8, 4) is 11.1 Å². The van der Waals surface area contributed by atoms with Crippen molar-refractivity contribution in [2.24, 2.45) is 0 Å². The van der Waals surface area contributed by atoms with Gasteiger partial charge in [0.15, 0.2) is 5.78 Å². The van der Waals surface area contributed by atoms with Gasteiger partial charge in [0.1, 0.15) is 0 Å². The van der Waals surface area contributed by atoms with Gasteiger partial charge in [0.25, 0.3) is 0 Å². The Kier molecular flexibility index (Phi) is 9.40. The number of Topliss-reactive ketones (excluding diaryl/α,β-unsaturated/α-hetero) is 1. The number of hydrogen-bond donors (Lipinski definition) is 2. The van der Waals surface area contributed by atoms with Crippen LogP contribution in [0.2, 0.25) is 0 Å². The largest absolute Gasteiger partial charge is 0.390 e. The topological polar surface area (TPSA) is 52.6 Å². The van der Waals surface area contributed by atoms with Crippen molar-refractivity contribution in [2.75, 3.05) is 20.1 Å². The number of likely N-dealkylation sites (N-methyl/N-ethyl adjacent to an activating group) is 1. The quantitative estimate of drug-likeness (QED) is 0.154. The van der Waals surface area contributed by atoms with Crippen LogP contribution in [0.4, 0.5) is 0 Å². The summed E-state index contributed by atoms with van der Waals surface area (Å²) in [4.78, 5) is 13.5. The number of benzene rings is 4. The number of carbonyl (C=O) groups excluding carboxylic acids is 1.